The first-order valence-electron chi connectivity index (χ1n) is 9.00. The molecule has 0 saturated carbocycles. The molecule has 3 rings (SSSR count). The molecule has 0 aliphatic heterocycles. The zero-order chi connectivity index (χ0) is 18.4. The SMILES string of the molecule is COc1ccc(CCNC2CCc3cc(/C=C/C(=O)CO)ccc32)cc1.Cl. The molecule has 144 valence electrons. The van der Waals surface area contributed by atoms with Gasteiger partial charge in [-0.25, -0.2) is 0 Å². The number of methoxy groups -OCH3 is 1. The van der Waals surface area contributed by atoms with Crippen molar-refractivity contribution in [3.8, 4) is 5.75 Å². The average Bonchev–Trinajstić information content (AvgIpc) is 3.09. The lowest BCUT2D eigenvalue weighted by Crippen LogP contribution is -2.21. The van der Waals surface area contributed by atoms with E-state index in [1.807, 2.05) is 18.2 Å². The molecule has 1 aliphatic carbocycles. The van der Waals surface area contributed by atoms with E-state index in [1.165, 1.54) is 22.8 Å². The van der Waals surface area contributed by atoms with E-state index in [1.54, 1.807) is 13.2 Å². The van der Waals surface area contributed by atoms with Crippen LogP contribution in [0.4, 0.5) is 0 Å². The van der Waals surface area contributed by atoms with Gasteiger partial charge in [0, 0.05) is 6.04 Å². The number of ketones is 1. The van der Waals surface area contributed by atoms with Crippen molar-refractivity contribution in [2.75, 3.05) is 20.3 Å². The van der Waals surface area contributed by atoms with Crippen LogP contribution in [0, 0.1) is 0 Å². The van der Waals surface area contributed by atoms with E-state index in [0.29, 0.717) is 6.04 Å². The zero-order valence-electron chi connectivity index (χ0n) is 15.5. The molecule has 27 heavy (non-hydrogen) atoms. The summed E-state index contributed by atoms with van der Waals surface area (Å²) in [5.74, 6) is 0.612. The second-order valence-electron chi connectivity index (χ2n) is 6.56. The van der Waals surface area contributed by atoms with Crippen LogP contribution in [0.15, 0.2) is 48.5 Å². The van der Waals surface area contributed by atoms with E-state index in [-0.39, 0.29) is 18.2 Å². The maximum absolute atomic E-state index is 11.2. The molecule has 1 aliphatic rings. The van der Waals surface area contributed by atoms with Crippen LogP contribution in [0.2, 0.25) is 0 Å². The number of halogens is 1. The molecule has 1 atom stereocenters. The normalized spacial score (nSPS) is 15.4. The van der Waals surface area contributed by atoms with Crippen molar-refractivity contribution in [3.63, 3.8) is 0 Å². The number of hydrogen-bond donors (Lipinski definition) is 2. The van der Waals surface area contributed by atoms with Crippen molar-refractivity contribution in [1.82, 2.24) is 5.32 Å². The standard InChI is InChI=1S/C22H25NO3.ClH/c1-26-20-8-3-16(4-9-20)12-13-23-22-11-6-18-14-17(5-10-21(18)22)2-7-19(25)15-24;/h2-5,7-10,14,22-24H,6,11-13,15H2,1H3;1H/b7-2+;. The van der Waals surface area contributed by atoms with Gasteiger partial charge in [-0.2, -0.15) is 0 Å². The Morgan fingerprint density at radius 2 is 2.04 bits per heavy atom. The van der Waals surface area contributed by atoms with E-state index in [9.17, 15) is 4.79 Å². The summed E-state index contributed by atoms with van der Waals surface area (Å²) >= 11 is 0. The fourth-order valence-electron chi connectivity index (χ4n) is 3.38. The number of fused-ring (bicyclic) bond motifs is 1. The third-order valence-electron chi connectivity index (χ3n) is 4.83. The van der Waals surface area contributed by atoms with Crippen molar-refractivity contribution in [3.05, 3.63) is 70.8 Å². The largest absolute Gasteiger partial charge is 0.497 e. The highest BCUT2D eigenvalue weighted by Crippen LogP contribution is 2.32. The molecule has 2 N–H and O–H groups in total. The first kappa shape index (κ1) is 21.2. The monoisotopic (exact) mass is 387 g/mol. The van der Waals surface area contributed by atoms with Gasteiger partial charge >= 0.3 is 0 Å². The second kappa shape index (κ2) is 10.3. The Kier molecular flexibility index (Phi) is 8.04. The molecule has 0 fully saturated rings. The van der Waals surface area contributed by atoms with Crippen LogP contribution in [0.3, 0.4) is 0 Å². The fourth-order valence-corrected chi connectivity index (χ4v) is 3.38. The van der Waals surface area contributed by atoms with Crippen LogP contribution in [0.5, 0.6) is 5.75 Å². The molecule has 4 nitrogen and oxygen atoms in total. The van der Waals surface area contributed by atoms with Gasteiger partial charge in [0.05, 0.1) is 7.11 Å². The molecule has 2 aromatic rings. The number of rotatable bonds is 8. The first-order chi connectivity index (χ1) is 12.7. The lowest BCUT2D eigenvalue weighted by Gasteiger charge is -2.14. The van der Waals surface area contributed by atoms with Gasteiger partial charge < -0.3 is 15.2 Å². The van der Waals surface area contributed by atoms with Gasteiger partial charge in [0.1, 0.15) is 12.4 Å². The quantitative estimate of drug-likeness (QED) is 0.680. The van der Waals surface area contributed by atoms with Gasteiger partial charge in [-0.1, -0.05) is 36.4 Å². The summed E-state index contributed by atoms with van der Waals surface area (Å²) in [6, 6.07) is 14.9. The molecule has 0 spiro atoms. The van der Waals surface area contributed by atoms with Gasteiger partial charge in [-0.05, 0) is 66.3 Å². The van der Waals surface area contributed by atoms with Crippen molar-refractivity contribution in [2.45, 2.75) is 25.3 Å². The molecule has 0 radical (unpaired) electrons. The first-order valence-corrected chi connectivity index (χ1v) is 9.00. The van der Waals surface area contributed by atoms with Gasteiger partial charge in [0.2, 0.25) is 0 Å². The number of aliphatic hydroxyl groups is 1. The molecule has 0 heterocycles. The second-order valence-corrected chi connectivity index (χ2v) is 6.56. The third-order valence-corrected chi connectivity index (χ3v) is 4.83. The minimum absolute atomic E-state index is 0. The number of hydrogen-bond acceptors (Lipinski definition) is 4. The summed E-state index contributed by atoms with van der Waals surface area (Å²) in [5, 5.41) is 12.4. The van der Waals surface area contributed by atoms with Crippen LogP contribution < -0.4 is 10.1 Å². The van der Waals surface area contributed by atoms with Crippen molar-refractivity contribution in [1.29, 1.82) is 0 Å². The molecule has 0 saturated heterocycles. The Labute approximate surface area is 166 Å². The van der Waals surface area contributed by atoms with Crippen LogP contribution in [0.1, 0.15) is 34.7 Å². The van der Waals surface area contributed by atoms with Crippen molar-refractivity contribution >= 4 is 24.3 Å². The fraction of sp³-hybridized carbons (Fsp3) is 0.318. The van der Waals surface area contributed by atoms with E-state index in [4.69, 9.17) is 9.84 Å². The zero-order valence-corrected chi connectivity index (χ0v) is 16.3. The maximum Gasteiger partial charge on any atom is 0.181 e. The lowest BCUT2D eigenvalue weighted by atomic mass is 10.0. The molecule has 1 unspecified atom stereocenters. The topological polar surface area (TPSA) is 58.6 Å². The Morgan fingerprint density at radius 3 is 2.74 bits per heavy atom. The van der Waals surface area contributed by atoms with Gasteiger partial charge in [0.25, 0.3) is 0 Å². The predicted molar refractivity (Wildman–Crippen MR) is 111 cm³/mol. The number of carbonyl (C=O) groups is 1. The van der Waals surface area contributed by atoms with E-state index in [0.717, 1.165) is 37.1 Å². The summed E-state index contributed by atoms with van der Waals surface area (Å²) in [5.41, 5.74) is 4.99. The van der Waals surface area contributed by atoms with Crippen molar-refractivity contribution < 1.29 is 14.6 Å². The lowest BCUT2D eigenvalue weighted by molar-refractivity contribution is -0.117. The van der Waals surface area contributed by atoms with E-state index < -0.39 is 6.61 Å². The highest BCUT2D eigenvalue weighted by Gasteiger charge is 2.21. The Balaban J connectivity index is 0.00000261. The summed E-state index contributed by atoms with van der Waals surface area (Å²) in [4.78, 5) is 11.2. The minimum Gasteiger partial charge on any atom is -0.497 e. The minimum atomic E-state index is -0.443. The number of aryl methyl sites for hydroxylation is 1. The number of benzene rings is 2. The number of nitrogens with one attached hydrogen (secondary N) is 1. The molecular weight excluding hydrogens is 362 g/mol. The number of carbonyl (C=O) groups excluding carboxylic acids is 1. The van der Waals surface area contributed by atoms with Crippen LogP contribution in [0.25, 0.3) is 6.08 Å². The smallest absolute Gasteiger partial charge is 0.181 e. The van der Waals surface area contributed by atoms with E-state index in [2.05, 4.69) is 29.6 Å². The highest BCUT2D eigenvalue weighted by molar-refractivity contribution is 5.94. The molecule has 0 bridgehead atoms. The molecule has 2 aromatic carbocycles. The summed E-state index contributed by atoms with van der Waals surface area (Å²) in [6.07, 6.45) is 6.33. The van der Waals surface area contributed by atoms with Crippen LogP contribution in [-0.4, -0.2) is 31.2 Å². The average molecular weight is 388 g/mol. The molecule has 0 aromatic heterocycles. The van der Waals surface area contributed by atoms with Gasteiger partial charge in [-0.15, -0.1) is 12.4 Å². The molecule has 5 heteroatoms. The van der Waals surface area contributed by atoms with Gasteiger partial charge in [0.15, 0.2) is 5.78 Å². The summed E-state index contributed by atoms with van der Waals surface area (Å²) < 4.78 is 5.19. The summed E-state index contributed by atoms with van der Waals surface area (Å²) in [7, 11) is 1.68. The van der Waals surface area contributed by atoms with Crippen LogP contribution in [-0.2, 0) is 17.6 Å². The number of ether oxygens (including phenoxy) is 1. The Bertz CT molecular complexity index is 787. The number of aliphatic hydroxyl groups excluding tert-OH is 1. The predicted octanol–water partition coefficient (Wildman–Crippen LogP) is 3.51. The Hall–Kier alpha value is -2.14. The Morgan fingerprint density at radius 1 is 1.26 bits per heavy atom. The maximum atomic E-state index is 11.2. The highest BCUT2D eigenvalue weighted by atomic mass is 35.5. The molecule has 0 amide bonds. The summed E-state index contributed by atoms with van der Waals surface area (Å²) in [6.45, 7) is 0.491. The van der Waals surface area contributed by atoms with Crippen molar-refractivity contribution in [2.24, 2.45) is 0 Å². The van der Waals surface area contributed by atoms with Crippen LogP contribution >= 0.6 is 12.4 Å². The molecular formula is C22H26ClNO3. The van der Waals surface area contributed by atoms with Gasteiger partial charge in [-0.3, -0.25) is 4.79 Å². The van der Waals surface area contributed by atoms with E-state index >= 15 is 0 Å². The third kappa shape index (κ3) is 5.67.